The number of nitrogens with zero attached hydrogens (tertiary/aromatic N) is 4. The predicted molar refractivity (Wildman–Crippen MR) is 375 cm³/mol. The van der Waals surface area contributed by atoms with Crippen molar-refractivity contribution in [2.24, 2.45) is 0 Å². The van der Waals surface area contributed by atoms with Gasteiger partial charge in [0.2, 0.25) is 0 Å². The summed E-state index contributed by atoms with van der Waals surface area (Å²) in [6, 6.07) is 110. The Labute approximate surface area is 514 Å². The Balaban J connectivity index is 0.644. The van der Waals surface area contributed by atoms with Crippen LogP contribution in [0, 0.1) is 0 Å². The summed E-state index contributed by atoms with van der Waals surface area (Å²) in [5, 5.41) is 14.3. The zero-order valence-electron chi connectivity index (χ0n) is 48.5. The molecule has 90 heavy (non-hydrogen) atoms. The standard InChI is InChI=1S/C84H50N4O2/c1-2-15-51(16-3-1)52-29-34-57(35-30-52)85-69-24-9-5-21-65(69)82-74(85)43-45-76-84(82)67-23-7-12-27-72(67)88(76)60-38-41-63-62-40-33-56(48-79(62)90-80(63)50-60)55-18-14-17-54(47-55)53-31-36-58(37-32-53)86-70-25-10-4-20-64(70)81-73(86)42-44-75-83(81)66-22-6-11-26-71(66)87(75)59-39-46-78-68(49-59)61-19-8-13-28-77(61)89-78/h1-50H. The van der Waals surface area contributed by atoms with Crippen molar-refractivity contribution in [3.8, 4) is 56.1 Å². The first-order valence-electron chi connectivity index (χ1n) is 30.8. The number of hydrogen-bond donors (Lipinski definition) is 0. The zero-order valence-corrected chi connectivity index (χ0v) is 48.5. The average molecular weight is 1150 g/mol. The Kier molecular flexibility index (Phi) is 10.2. The van der Waals surface area contributed by atoms with Crippen LogP contribution in [0.5, 0.6) is 0 Å². The van der Waals surface area contributed by atoms with Crippen LogP contribution in [0.3, 0.4) is 0 Å². The fourth-order valence-electron chi connectivity index (χ4n) is 15.2. The molecule has 6 heterocycles. The smallest absolute Gasteiger partial charge is 0.137 e. The topological polar surface area (TPSA) is 46.0 Å². The average Bonchev–Trinajstić information content (AvgIpc) is 1.59. The van der Waals surface area contributed by atoms with Crippen molar-refractivity contribution in [1.29, 1.82) is 0 Å². The number of furan rings is 2. The van der Waals surface area contributed by atoms with Crippen LogP contribution in [0.15, 0.2) is 312 Å². The van der Waals surface area contributed by atoms with Crippen LogP contribution in [0.1, 0.15) is 0 Å². The number of fused-ring (bicyclic) bond motifs is 20. The fraction of sp³-hybridized carbons (Fsp3) is 0. The molecule has 0 saturated carbocycles. The molecule has 418 valence electrons. The van der Waals surface area contributed by atoms with Crippen LogP contribution < -0.4 is 0 Å². The van der Waals surface area contributed by atoms with Gasteiger partial charge < -0.3 is 27.1 Å². The number of rotatable bonds is 7. The molecule has 0 aliphatic carbocycles. The third-order valence-electron chi connectivity index (χ3n) is 19.2. The van der Waals surface area contributed by atoms with Gasteiger partial charge in [0.25, 0.3) is 0 Å². The van der Waals surface area contributed by atoms with E-state index in [2.05, 4.69) is 309 Å². The summed E-state index contributed by atoms with van der Waals surface area (Å²) >= 11 is 0. The van der Waals surface area contributed by atoms with Gasteiger partial charge in [-0.1, -0.05) is 170 Å². The zero-order chi connectivity index (χ0) is 58.7. The lowest BCUT2D eigenvalue weighted by Gasteiger charge is -2.11. The molecule has 0 atom stereocenters. The minimum absolute atomic E-state index is 0.855. The van der Waals surface area contributed by atoms with E-state index in [4.69, 9.17) is 8.83 Å². The van der Waals surface area contributed by atoms with E-state index in [1.165, 1.54) is 87.3 Å². The molecule has 0 amide bonds. The largest absolute Gasteiger partial charge is 0.456 e. The van der Waals surface area contributed by atoms with Crippen LogP contribution in [-0.2, 0) is 0 Å². The van der Waals surface area contributed by atoms with Crippen molar-refractivity contribution in [3.05, 3.63) is 303 Å². The van der Waals surface area contributed by atoms with E-state index >= 15 is 0 Å². The summed E-state index contributed by atoms with van der Waals surface area (Å²) in [7, 11) is 0. The molecule has 20 rings (SSSR count). The summed E-state index contributed by atoms with van der Waals surface area (Å²) in [6.07, 6.45) is 0. The second-order valence-electron chi connectivity index (χ2n) is 23.9. The van der Waals surface area contributed by atoms with E-state index in [1.807, 2.05) is 12.1 Å². The molecule has 6 heteroatoms. The van der Waals surface area contributed by atoms with Gasteiger partial charge in [-0.3, -0.25) is 0 Å². The molecule has 6 aromatic heterocycles. The van der Waals surface area contributed by atoms with Gasteiger partial charge in [0.1, 0.15) is 22.3 Å². The van der Waals surface area contributed by atoms with Gasteiger partial charge in [0.05, 0.1) is 44.1 Å². The summed E-state index contributed by atoms with van der Waals surface area (Å²) in [6.45, 7) is 0. The summed E-state index contributed by atoms with van der Waals surface area (Å²) < 4.78 is 22.8. The maximum atomic E-state index is 6.89. The van der Waals surface area contributed by atoms with Crippen molar-refractivity contribution in [2.75, 3.05) is 0 Å². The lowest BCUT2D eigenvalue weighted by molar-refractivity contribution is 0.668. The SMILES string of the molecule is c1ccc(-c2ccc(-n3c4ccccc4c4c5c6ccccc6n(-c6ccc7c(c6)oc6cc(-c8cccc(-c9ccc(-n%10c%11ccccc%11c%11c%12c%13ccccc%13n(-c%13ccc%14oc%15ccccc%15c%14c%13)c%12ccc%11%10)cc9)c8)ccc67)c5ccc43)cc2)cc1. The molecule has 0 unspecified atom stereocenters. The molecule has 0 N–H and O–H groups in total. The van der Waals surface area contributed by atoms with E-state index in [-0.39, 0.29) is 0 Å². The van der Waals surface area contributed by atoms with Crippen LogP contribution in [0.4, 0.5) is 0 Å². The second kappa shape index (κ2) is 18.7. The van der Waals surface area contributed by atoms with Crippen molar-refractivity contribution >= 4 is 131 Å². The van der Waals surface area contributed by atoms with Crippen molar-refractivity contribution in [2.45, 2.75) is 0 Å². The highest BCUT2D eigenvalue weighted by Gasteiger charge is 2.24. The van der Waals surface area contributed by atoms with Gasteiger partial charge >= 0.3 is 0 Å². The molecule has 20 aromatic rings. The first-order valence-corrected chi connectivity index (χ1v) is 30.8. The van der Waals surface area contributed by atoms with E-state index in [1.54, 1.807) is 0 Å². The fourth-order valence-corrected chi connectivity index (χ4v) is 15.2. The van der Waals surface area contributed by atoms with Gasteiger partial charge in [-0.2, -0.15) is 0 Å². The molecule has 0 spiro atoms. The van der Waals surface area contributed by atoms with Crippen LogP contribution in [0.25, 0.3) is 187 Å². The molecule has 0 saturated heterocycles. The predicted octanol–water partition coefficient (Wildman–Crippen LogP) is 22.9. The Morgan fingerprint density at radius 3 is 1.04 bits per heavy atom. The van der Waals surface area contributed by atoms with Crippen LogP contribution in [0.2, 0.25) is 0 Å². The van der Waals surface area contributed by atoms with Crippen LogP contribution in [-0.4, -0.2) is 18.3 Å². The first-order chi connectivity index (χ1) is 44.6. The summed E-state index contributed by atoms with van der Waals surface area (Å²) in [5.74, 6) is 0. The molecule has 0 fully saturated rings. The van der Waals surface area contributed by atoms with Crippen molar-refractivity contribution in [1.82, 2.24) is 18.3 Å². The minimum atomic E-state index is 0.855. The molecule has 0 aliphatic rings. The summed E-state index contributed by atoms with van der Waals surface area (Å²) in [5.41, 5.74) is 24.2. The maximum absolute atomic E-state index is 6.89. The van der Waals surface area contributed by atoms with Gasteiger partial charge in [0.15, 0.2) is 0 Å². The Bertz CT molecular complexity index is 6380. The highest BCUT2D eigenvalue weighted by atomic mass is 16.3. The summed E-state index contributed by atoms with van der Waals surface area (Å²) in [4.78, 5) is 0. The molecular formula is C84H50N4O2. The molecule has 0 aliphatic heterocycles. The highest BCUT2D eigenvalue weighted by molar-refractivity contribution is 6.30. The Morgan fingerprint density at radius 1 is 0.167 bits per heavy atom. The van der Waals surface area contributed by atoms with Gasteiger partial charge in [0, 0.05) is 93.5 Å². The quantitative estimate of drug-likeness (QED) is 0.160. The van der Waals surface area contributed by atoms with Crippen molar-refractivity contribution < 1.29 is 8.83 Å². The molecule has 6 nitrogen and oxygen atoms in total. The van der Waals surface area contributed by atoms with E-state index in [9.17, 15) is 0 Å². The Morgan fingerprint density at radius 2 is 0.500 bits per heavy atom. The first kappa shape index (κ1) is 49.0. The number of aromatic nitrogens is 4. The van der Waals surface area contributed by atoms with Gasteiger partial charge in [-0.05, 0) is 161 Å². The number of benzene rings is 14. The monoisotopic (exact) mass is 1150 g/mol. The number of para-hydroxylation sites is 5. The third-order valence-corrected chi connectivity index (χ3v) is 19.2. The van der Waals surface area contributed by atoms with Gasteiger partial charge in [-0.15, -0.1) is 0 Å². The van der Waals surface area contributed by atoms with Crippen LogP contribution >= 0.6 is 0 Å². The molecule has 0 bridgehead atoms. The van der Waals surface area contributed by atoms with E-state index in [0.29, 0.717) is 0 Å². The highest BCUT2D eigenvalue weighted by Crippen LogP contribution is 2.46. The minimum Gasteiger partial charge on any atom is -0.456 e. The van der Waals surface area contributed by atoms with E-state index in [0.717, 1.165) is 99.9 Å². The van der Waals surface area contributed by atoms with Gasteiger partial charge in [-0.25, -0.2) is 0 Å². The lowest BCUT2D eigenvalue weighted by atomic mass is 9.98. The molecule has 0 radical (unpaired) electrons. The van der Waals surface area contributed by atoms with Crippen molar-refractivity contribution in [3.63, 3.8) is 0 Å². The van der Waals surface area contributed by atoms with E-state index < -0.39 is 0 Å². The third kappa shape index (κ3) is 7.04. The number of hydrogen-bond acceptors (Lipinski definition) is 2. The lowest BCUT2D eigenvalue weighted by Crippen LogP contribution is -1.95. The normalized spacial score (nSPS) is 12.2. The molecular weight excluding hydrogens is 1100 g/mol. The maximum Gasteiger partial charge on any atom is 0.137 e. The molecule has 14 aromatic carbocycles. The Hall–Kier alpha value is -12.1. The second-order valence-corrected chi connectivity index (χ2v) is 23.9.